The molecule has 0 radical (unpaired) electrons. The topological polar surface area (TPSA) is 49.9 Å². The molecule has 0 aliphatic heterocycles. The van der Waals surface area contributed by atoms with Crippen LogP contribution in [0.3, 0.4) is 0 Å². The van der Waals surface area contributed by atoms with Gasteiger partial charge in [0.25, 0.3) is 0 Å². The van der Waals surface area contributed by atoms with E-state index in [1.54, 1.807) is 0 Å². The highest BCUT2D eigenvalue weighted by Gasteiger charge is 0.836. The van der Waals surface area contributed by atoms with Crippen LogP contribution in [0.4, 0.5) is 0 Å². The molecule has 0 spiro atoms. The Morgan fingerprint density at radius 3 is 1.50 bits per heavy atom. The summed E-state index contributed by atoms with van der Waals surface area (Å²) in [5.74, 6) is 0. The van der Waals surface area contributed by atoms with Gasteiger partial charge in [-0.05, 0) is 13.8 Å². The molecule has 0 fully saturated rings. The maximum atomic E-state index is 5.50. The third-order valence-electron chi connectivity index (χ3n) is 0. The first-order valence-electron chi connectivity index (χ1n) is 0.931. The van der Waals surface area contributed by atoms with Crippen molar-refractivity contribution in [3.63, 3.8) is 0 Å². The lowest BCUT2D eigenvalue weighted by atomic mass is 11.6. The molecule has 0 amide bonds. The summed E-state index contributed by atoms with van der Waals surface area (Å²) in [5.41, 5.74) is 4.50. The molecule has 0 unspecified atom stereocenters. The van der Waals surface area contributed by atoms with Gasteiger partial charge in [0.05, 0.1) is 0 Å². The molecule has 26 valence electrons. The zero-order valence-corrected chi connectivity index (χ0v) is 2.78. The number of hydrogen-bond donors (Lipinski definition) is 2. The van der Waals surface area contributed by atoms with E-state index in [0.29, 0.717) is 0 Å². The van der Waals surface area contributed by atoms with Crippen LogP contribution in [0.25, 0.3) is 0 Å². The van der Waals surface area contributed by atoms with Gasteiger partial charge in [-0.3, -0.25) is 0 Å². The van der Waals surface area contributed by atoms with E-state index in [4.69, 9.17) is 5.41 Å². The van der Waals surface area contributed by atoms with Crippen molar-refractivity contribution in [1.82, 2.24) is 0 Å². The fraction of sp³-hybridized carbons (Fsp3) is 0.500. The minimum Gasteiger partial charge on any atom is -0.333 e. The smallest absolute Gasteiger partial charge is 0.0187 e. The second-order valence-electron chi connectivity index (χ2n) is 0. The number of nitrogens with one attached hydrogen (secondary N) is 1. The van der Waals surface area contributed by atoms with Crippen LogP contribution in [0.1, 0.15) is 0 Å². The van der Waals surface area contributed by atoms with Gasteiger partial charge in [0.15, 0.2) is 0 Å². The van der Waals surface area contributed by atoms with Crippen LogP contribution >= 0.6 is 0 Å². The quantitative estimate of drug-likeness (QED) is 0.375. The average molecular weight is 60.1 g/mol. The zero-order chi connectivity index (χ0) is 4.00. The highest BCUT2D eigenvalue weighted by molar-refractivity contribution is 5.15. The standard InChI is InChI=1S/CH5N.CH3N/c2*1-2/h2H2,1H3;2H,1H2. The Hall–Kier alpha value is -0.370. The monoisotopic (exact) mass is 60.1 g/mol. The molecule has 0 aliphatic rings. The largest absolute Gasteiger partial charge is 0.333 e. The Morgan fingerprint density at radius 1 is 1.50 bits per heavy atom. The number of hydrogen-bond acceptors (Lipinski definition) is 2. The summed E-state index contributed by atoms with van der Waals surface area (Å²) in [4.78, 5) is 0. The van der Waals surface area contributed by atoms with Crippen molar-refractivity contribution in [1.29, 1.82) is 5.41 Å². The molecule has 3 N–H and O–H groups in total. The third kappa shape index (κ3) is 4.73. The SMILES string of the molecule is C=N.CN. The molecule has 4 heavy (non-hydrogen) atoms. The molecule has 0 heterocycles. The van der Waals surface area contributed by atoms with E-state index in [-0.39, 0.29) is 0 Å². The van der Waals surface area contributed by atoms with Gasteiger partial charge in [-0.2, -0.15) is 0 Å². The van der Waals surface area contributed by atoms with E-state index in [0.717, 1.165) is 0 Å². The fourth-order valence-corrected chi connectivity index (χ4v) is 0. The lowest BCUT2D eigenvalue weighted by Gasteiger charge is -1.19. The van der Waals surface area contributed by atoms with Gasteiger partial charge >= 0.3 is 0 Å². The van der Waals surface area contributed by atoms with E-state index < -0.39 is 0 Å². The molecule has 0 aromatic carbocycles. The number of rotatable bonds is 0. The van der Waals surface area contributed by atoms with Crippen molar-refractivity contribution in [2.75, 3.05) is 7.05 Å². The van der Waals surface area contributed by atoms with Crippen molar-refractivity contribution in [3.05, 3.63) is 0 Å². The minimum atomic E-state index is 1.50. The predicted octanol–water partition coefficient (Wildman–Crippen LogP) is -0.159. The first-order chi connectivity index (χ1) is 2.00. The second-order valence-corrected chi connectivity index (χ2v) is 0. The van der Waals surface area contributed by atoms with E-state index in [1.165, 1.54) is 7.05 Å². The van der Waals surface area contributed by atoms with E-state index >= 15 is 0 Å². The molecular weight excluding hydrogens is 52.0 g/mol. The van der Waals surface area contributed by atoms with Crippen LogP contribution < -0.4 is 5.73 Å². The lowest BCUT2D eigenvalue weighted by molar-refractivity contribution is 1.48. The molecule has 0 saturated heterocycles. The molecule has 2 nitrogen and oxygen atoms in total. The molecule has 0 aromatic rings. The molecular formula is C2H8N2. The summed E-state index contributed by atoms with van der Waals surface area (Å²) in [6.07, 6.45) is 0. The number of nitrogens with two attached hydrogens (primary N) is 1. The zero-order valence-electron chi connectivity index (χ0n) is 2.78. The minimum absolute atomic E-state index is 1.50. The third-order valence-corrected chi connectivity index (χ3v) is 0. The summed E-state index contributed by atoms with van der Waals surface area (Å²) in [5, 5.41) is 5.50. The first-order valence-corrected chi connectivity index (χ1v) is 0.931. The van der Waals surface area contributed by atoms with Crippen LogP contribution in [-0.2, 0) is 0 Å². The normalized spacial score (nSPS) is 2.50. The Kier molecular flexibility index (Phi) is 121. The molecule has 0 rings (SSSR count). The summed E-state index contributed by atoms with van der Waals surface area (Å²) in [6, 6.07) is 0. The van der Waals surface area contributed by atoms with Crippen LogP contribution in [0.5, 0.6) is 0 Å². The molecule has 0 saturated carbocycles. The Labute approximate surface area is 26.1 Å². The molecule has 0 aromatic heterocycles. The first kappa shape index (κ1) is 9.45. The Balaban J connectivity index is 0. The van der Waals surface area contributed by atoms with Gasteiger partial charge in [-0.15, -0.1) is 0 Å². The maximum Gasteiger partial charge on any atom is -0.0187 e. The Morgan fingerprint density at radius 2 is 1.50 bits per heavy atom. The highest BCUT2D eigenvalue weighted by Crippen LogP contribution is 0.633. The van der Waals surface area contributed by atoms with E-state index in [2.05, 4.69) is 12.5 Å². The van der Waals surface area contributed by atoms with Gasteiger partial charge in [-0.1, -0.05) is 0 Å². The van der Waals surface area contributed by atoms with Crippen molar-refractivity contribution in [2.45, 2.75) is 0 Å². The summed E-state index contributed by atoms with van der Waals surface area (Å²) < 4.78 is 0. The Bertz CT molecular complexity index is 4.00. The van der Waals surface area contributed by atoms with Crippen LogP contribution in [-0.4, -0.2) is 13.8 Å². The van der Waals surface area contributed by atoms with Crippen LogP contribution in [0.15, 0.2) is 0 Å². The van der Waals surface area contributed by atoms with Crippen molar-refractivity contribution < 1.29 is 0 Å². The molecule has 2 heteroatoms. The van der Waals surface area contributed by atoms with Crippen molar-refractivity contribution in [3.8, 4) is 0 Å². The van der Waals surface area contributed by atoms with Crippen molar-refractivity contribution >= 4 is 6.72 Å². The van der Waals surface area contributed by atoms with Gasteiger partial charge in [0, 0.05) is 0 Å². The summed E-state index contributed by atoms with van der Waals surface area (Å²) in [7, 11) is 1.50. The fourth-order valence-electron chi connectivity index (χ4n) is 0. The van der Waals surface area contributed by atoms with Crippen molar-refractivity contribution in [2.24, 2.45) is 5.73 Å². The second kappa shape index (κ2) is 51.0. The van der Waals surface area contributed by atoms with Gasteiger partial charge in [0.1, 0.15) is 0 Å². The molecule has 0 bridgehead atoms. The van der Waals surface area contributed by atoms with Gasteiger partial charge < -0.3 is 11.1 Å². The summed E-state index contributed by atoms with van der Waals surface area (Å²) in [6.45, 7) is 2.50. The lowest BCUT2D eigenvalue weighted by Crippen LogP contribution is -1.69. The highest BCUT2D eigenvalue weighted by atomic mass is 14.4. The predicted molar refractivity (Wildman–Crippen MR) is 20.0 cm³/mol. The maximum absolute atomic E-state index is 5.50. The summed E-state index contributed by atoms with van der Waals surface area (Å²) >= 11 is 0. The van der Waals surface area contributed by atoms with Gasteiger partial charge in [0.2, 0.25) is 0 Å². The van der Waals surface area contributed by atoms with E-state index in [1.807, 2.05) is 0 Å². The van der Waals surface area contributed by atoms with Crippen LogP contribution in [0, 0.1) is 5.41 Å². The van der Waals surface area contributed by atoms with Gasteiger partial charge in [-0.25, -0.2) is 0 Å². The average Bonchev–Trinajstić information content (AvgIpc) is 1.50. The molecule has 0 aliphatic carbocycles. The van der Waals surface area contributed by atoms with Crippen LogP contribution in [0.2, 0.25) is 0 Å². The molecule has 0 atom stereocenters. The van der Waals surface area contributed by atoms with E-state index in [9.17, 15) is 0 Å².